The van der Waals surface area contributed by atoms with Gasteiger partial charge in [-0.3, -0.25) is 14.3 Å². The largest absolute Gasteiger partial charge is 0.467 e. The summed E-state index contributed by atoms with van der Waals surface area (Å²) in [5.41, 5.74) is 2.96. The van der Waals surface area contributed by atoms with Crippen molar-refractivity contribution in [3.8, 4) is 0 Å². The number of benzene rings is 1. The van der Waals surface area contributed by atoms with Crippen LogP contribution in [0.4, 0.5) is 0 Å². The summed E-state index contributed by atoms with van der Waals surface area (Å²) in [5, 5.41) is 7.11. The topological polar surface area (TPSA) is 80.4 Å². The Morgan fingerprint density at radius 1 is 1.21 bits per heavy atom. The first-order chi connectivity index (χ1) is 13.6. The van der Waals surface area contributed by atoms with E-state index >= 15 is 0 Å². The maximum Gasteiger partial charge on any atom is 0.272 e. The van der Waals surface area contributed by atoms with Crippen molar-refractivity contribution >= 4 is 11.8 Å². The van der Waals surface area contributed by atoms with Gasteiger partial charge in [0, 0.05) is 25.7 Å². The van der Waals surface area contributed by atoms with Crippen LogP contribution in [0.3, 0.4) is 0 Å². The molecule has 0 aliphatic carbocycles. The van der Waals surface area contributed by atoms with E-state index in [2.05, 4.69) is 16.5 Å². The molecule has 144 valence electrons. The first kappa shape index (κ1) is 18.0. The summed E-state index contributed by atoms with van der Waals surface area (Å²) in [7, 11) is 0. The van der Waals surface area contributed by atoms with Crippen LogP contribution in [0.2, 0.25) is 0 Å². The highest BCUT2D eigenvalue weighted by Gasteiger charge is 2.26. The van der Waals surface area contributed by atoms with Gasteiger partial charge in [-0.25, -0.2) is 0 Å². The van der Waals surface area contributed by atoms with Gasteiger partial charge in [0.25, 0.3) is 11.8 Å². The Kier molecular flexibility index (Phi) is 4.97. The maximum absolute atomic E-state index is 13.0. The molecule has 1 aliphatic rings. The predicted octanol–water partition coefficient (Wildman–Crippen LogP) is 2.76. The molecule has 1 aromatic carbocycles. The smallest absolute Gasteiger partial charge is 0.272 e. The van der Waals surface area contributed by atoms with Crippen LogP contribution in [-0.2, 0) is 19.6 Å². The molecule has 3 aromatic rings. The molecule has 3 heterocycles. The molecular weight excluding hydrogens is 356 g/mol. The van der Waals surface area contributed by atoms with E-state index in [0.29, 0.717) is 31.1 Å². The molecule has 0 fully saturated rings. The van der Waals surface area contributed by atoms with E-state index in [1.807, 2.05) is 30.0 Å². The highest BCUT2D eigenvalue weighted by Crippen LogP contribution is 2.17. The maximum atomic E-state index is 13.0. The van der Waals surface area contributed by atoms with Gasteiger partial charge in [-0.2, -0.15) is 5.10 Å². The van der Waals surface area contributed by atoms with Crippen molar-refractivity contribution < 1.29 is 14.0 Å². The second-order valence-electron chi connectivity index (χ2n) is 6.97. The number of nitrogens with one attached hydrogen (secondary N) is 1. The van der Waals surface area contributed by atoms with Crippen molar-refractivity contribution in [3.05, 3.63) is 77.0 Å². The number of carbonyl (C=O) groups excluding carboxylic acids is 2. The zero-order chi connectivity index (χ0) is 19.5. The van der Waals surface area contributed by atoms with Crippen LogP contribution in [0.1, 0.15) is 44.3 Å². The molecular formula is C21H22N4O3. The first-order valence-electron chi connectivity index (χ1n) is 9.33. The summed E-state index contributed by atoms with van der Waals surface area (Å²) in [6.07, 6.45) is 2.35. The van der Waals surface area contributed by atoms with Gasteiger partial charge < -0.3 is 14.6 Å². The van der Waals surface area contributed by atoms with Crippen LogP contribution >= 0.6 is 0 Å². The first-order valence-corrected chi connectivity index (χ1v) is 9.33. The molecule has 7 nitrogen and oxygen atoms in total. The minimum Gasteiger partial charge on any atom is -0.467 e. The lowest BCUT2D eigenvalue weighted by Gasteiger charge is -2.20. The van der Waals surface area contributed by atoms with Crippen molar-refractivity contribution in [3.63, 3.8) is 0 Å². The average Bonchev–Trinajstić information content (AvgIpc) is 3.32. The van der Waals surface area contributed by atoms with Gasteiger partial charge in [-0.05, 0) is 31.0 Å². The second-order valence-corrected chi connectivity index (χ2v) is 6.97. The SMILES string of the molecule is Cc1cccc(CN2CCCn3nc(C(=O)NCc4ccco4)cc3C2=O)c1. The molecule has 0 unspecified atom stereocenters. The normalized spacial score (nSPS) is 13.9. The summed E-state index contributed by atoms with van der Waals surface area (Å²) in [4.78, 5) is 27.3. The summed E-state index contributed by atoms with van der Waals surface area (Å²) in [6, 6.07) is 13.3. The number of aryl methyl sites for hydroxylation is 2. The van der Waals surface area contributed by atoms with E-state index in [4.69, 9.17) is 4.42 Å². The lowest BCUT2D eigenvalue weighted by molar-refractivity contribution is 0.0745. The summed E-state index contributed by atoms with van der Waals surface area (Å²) >= 11 is 0. The third kappa shape index (κ3) is 3.83. The molecule has 7 heteroatoms. The van der Waals surface area contributed by atoms with Crippen LogP contribution in [0, 0.1) is 6.92 Å². The third-order valence-corrected chi connectivity index (χ3v) is 4.78. The number of furan rings is 1. The number of fused-ring (bicyclic) bond motifs is 1. The molecule has 2 aromatic heterocycles. The highest BCUT2D eigenvalue weighted by atomic mass is 16.3. The number of amides is 2. The molecule has 0 saturated heterocycles. The molecule has 0 saturated carbocycles. The molecule has 2 amide bonds. The standard InChI is InChI=1S/C21H22N4O3/c1-15-5-2-6-16(11-15)14-24-8-4-9-25-19(21(24)27)12-18(23-25)20(26)22-13-17-7-3-10-28-17/h2-3,5-7,10-12H,4,8-9,13-14H2,1H3,(H,22,26). The minimum atomic E-state index is -0.324. The van der Waals surface area contributed by atoms with E-state index in [9.17, 15) is 9.59 Å². The van der Waals surface area contributed by atoms with E-state index in [0.717, 1.165) is 12.0 Å². The van der Waals surface area contributed by atoms with Crippen LogP contribution in [0.25, 0.3) is 0 Å². The van der Waals surface area contributed by atoms with Gasteiger partial charge in [-0.15, -0.1) is 0 Å². The average molecular weight is 378 g/mol. The van der Waals surface area contributed by atoms with Crippen LogP contribution in [0.5, 0.6) is 0 Å². The molecule has 28 heavy (non-hydrogen) atoms. The minimum absolute atomic E-state index is 0.100. The Morgan fingerprint density at radius 3 is 2.89 bits per heavy atom. The number of hydrogen-bond donors (Lipinski definition) is 1. The zero-order valence-corrected chi connectivity index (χ0v) is 15.7. The molecule has 0 bridgehead atoms. The monoisotopic (exact) mass is 378 g/mol. The van der Waals surface area contributed by atoms with Crippen molar-refractivity contribution in [1.82, 2.24) is 20.0 Å². The van der Waals surface area contributed by atoms with Crippen LogP contribution in [0.15, 0.2) is 53.1 Å². The Bertz CT molecular complexity index is 991. The summed E-state index contributed by atoms with van der Waals surface area (Å²) in [5.74, 6) is 0.237. The van der Waals surface area contributed by atoms with Gasteiger partial charge in [0.15, 0.2) is 5.69 Å². The van der Waals surface area contributed by atoms with Crippen LogP contribution in [-0.4, -0.2) is 33.0 Å². The fourth-order valence-electron chi connectivity index (χ4n) is 3.40. The Morgan fingerprint density at radius 2 is 2.11 bits per heavy atom. The van der Waals surface area contributed by atoms with E-state index in [-0.39, 0.29) is 24.1 Å². The van der Waals surface area contributed by atoms with Gasteiger partial charge in [0.1, 0.15) is 11.5 Å². The number of nitrogens with zero attached hydrogens (tertiary/aromatic N) is 3. The quantitative estimate of drug-likeness (QED) is 0.740. The Balaban J connectivity index is 1.49. The zero-order valence-electron chi connectivity index (χ0n) is 15.7. The number of aromatic nitrogens is 2. The Hall–Kier alpha value is -3.35. The number of hydrogen-bond acceptors (Lipinski definition) is 4. The molecule has 1 aliphatic heterocycles. The van der Waals surface area contributed by atoms with Crippen molar-refractivity contribution in [1.29, 1.82) is 0 Å². The van der Waals surface area contributed by atoms with Gasteiger partial charge in [0.2, 0.25) is 0 Å². The van der Waals surface area contributed by atoms with Crippen molar-refractivity contribution in [2.24, 2.45) is 0 Å². The fraction of sp³-hybridized carbons (Fsp3) is 0.286. The lowest BCUT2D eigenvalue weighted by Crippen LogP contribution is -2.30. The summed E-state index contributed by atoms with van der Waals surface area (Å²) in [6.45, 7) is 4.14. The van der Waals surface area contributed by atoms with Gasteiger partial charge in [-0.1, -0.05) is 29.8 Å². The third-order valence-electron chi connectivity index (χ3n) is 4.78. The summed E-state index contributed by atoms with van der Waals surface area (Å²) < 4.78 is 6.85. The van der Waals surface area contributed by atoms with Crippen molar-refractivity contribution in [2.75, 3.05) is 6.54 Å². The van der Waals surface area contributed by atoms with Gasteiger partial charge >= 0.3 is 0 Å². The molecule has 0 radical (unpaired) electrons. The highest BCUT2D eigenvalue weighted by molar-refractivity contribution is 5.98. The van der Waals surface area contributed by atoms with Crippen molar-refractivity contribution in [2.45, 2.75) is 33.0 Å². The molecule has 4 rings (SSSR count). The van der Waals surface area contributed by atoms with Crippen LogP contribution < -0.4 is 5.32 Å². The number of rotatable bonds is 5. The van der Waals surface area contributed by atoms with E-state index in [1.165, 1.54) is 5.56 Å². The lowest BCUT2D eigenvalue weighted by atomic mass is 10.1. The van der Waals surface area contributed by atoms with Gasteiger partial charge in [0.05, 0.1) is 12.8 Å². The molecule has 0 spiro atoms. The Labute approximate surface area is 162 Å². The molecule has 0 atom stereocenters. The fourth-order valence-corrected chi connectivity index (χ4v) is 3.40. The molecule has 1 N–H and O–H groups in total. The second kappa shape index (κ2) is 7.72. The number of carbonyl (C=O) groups is 2. The van der Waals surface area contributed by atoms with E-state index < -0.39 is 0 Å². The van der Waals surface area contributed by atoms with E-state index in [1.54, 1.807) is 29.1 Å². The predicted molar refractivity (Wildman–Crippen MR) is 103 cm³/mol.